The van der Waals surface area contributed by atoms with E-state index in [-0.39, 0.29) is 24.2 Å². The Balaban J connectivity index is 1.70. The van der Waals surface area contributed by atoms with Crippen molar-refractivity contribution in [3.63, 3.8) is 0 Å². The molecule has 0 aromatic heterocycles. The van der Waals surface area contributed by atoms with Gasteiger partial charge in [-0.2, -0.15) is 0 Å². The van der Waals surface area contributed by atoms with Gasteiger partial charge in [0.25, 0.3) is 0 Å². The number of carboxylic acid groups (broad SMARTS) is 1. The first-order valence-corrected chi connectivity index (χ1v) is 9.96. The Bertz CT molecular complexity index is 680. The number of para-hydroxylation sites is 1. The molecule has 2 unspecified atom stereocenters. The summed E-state index contributed by atoms with van der Waals surface area (Å²) in [6.45, 7) is 6.98. The van der Waals surface area contributed by atoms with Gasteiger partial charge in [-0.3, -0.25) is 14.6 Å². The highest BCUT2D eigenvalue weighted by atomic mass is 16.4. The minimum Gasteiger partial charge on any atom is -0.481 e. The number of carboxylic acids is 1. The molecule has 0 aliphatic carbocycles. The number of amides is 1. The second-order valence-electron chi connectivity index (χ2n) is 7.39. The third-order valence-corrected chi connectivity index (χ3v) is 4.98. The second-order valence-corrected chi connectivity index (χ2v) is 7.39. The van der Waals surface area contributed by atoms with Crippen molar-refractivity contribution in [1.29, 1.82) is 0 Å². The van der Waals surface area contributed by atoms with Crippen molar-refractivity contribution in [3.8, 4) is 0 Å². The molecule has 0 saturated carbocycles. The van der Waals surface area contributed by atoms with Crippen LogP contribution >= 0.6 is 0 Å². The van der Waals surface area contributed by atoms with E-state index in [0.29, 0.717) is 0 Å². The standard InChI is InChI=1S/C22H31N3O3/c1-18(17-21(26)27)7-6-11-23-12-10-19(2)22(28)25-15-13-24(14-16-25)20-8-4-3-5-9-20/h3-5,8-12,18-19H,6-7,13-17H2,1-2H3,(H,26,27)/b12-10+,23-11+. The Morgan fingerprint density at radius 3 is 2.46 bits per heavy atom. The molecule has 1 N–H and O–H groups in total. The number of hydrogen-bond acceptors (Lipinski definition) is 4. The minimum absolute atomic E-state index is 0.134. The fourth-order valence-corrected chi connectivity index (χ4v) is 3.27. The lowest BCUT2D eigenvalue weighted by atomic mass is 10.0. The van der Waals surface area contributed by atoms with Crippen LogP contribution in [-0.2, 0) is 9.59 Å². The zero-order valence-corrected chi connectivity index (χ0v) is 16.8. The van der Waals surface area contributed by atoms with E-state index in [1.165, 1.54) is 5.69 Å². The third-order valence-electron chi connectivity index (χ3n) is 4.98. The van der Waals surface area contributed by atoms with Gasteiger partial charge in [0.1, 0.15) is 0 Å². The van der Waals surface area contributed by atoms with Gasteiger partial charge in [0, 0.05) is 50.7 Å². The number of benzene rings is 1. The predicted molar refractivity (Wildman–Crippen MR) is 113 cm³/mol. The molecule has 2 rings (SSSR count). The first-order valence-electron chi connectivity index (χ1n) is 9.96. The molecule has 1 amide bonds. The molecule has 0 spiro atoms. The molecular formula is C22H31N3O3. The topological polar surface area (TPSA) is 73.2 Å². The molecule has 0 radical (unpaired) electrons. The van der Waals surface area contributed by atoms with Crippen molar-refractivity contribution in [2.45, 2.75) is 33.1 Å². The van der Waals surface area contributed by atoms with Gasteiger partial charge >= 0.3 is 5.97 Å². The number of rotatable bonds is 9. The minimum atomic E-state index is -0.763. The quantitative estimate of drug-likeness (QED) is 0.661. The molecule has 0 bridgehead atoms. The van der Waals surface area contributed by atoms with Crippen molar-refractivity contribution >= 4 is 23.8 Å². The molecule has 1 saturated heterocycles. The van der Waals surface area contributed by atoms with Crippen LogP contribution in [0.1, 0.15) is 33.1 Å². The number of aliphatic imine (C=N–C) groups is 1. The SMILES string of the molecule is CC(CC/C=N/C=C/C(C)C(=O)N1CCN(c2ccccc2)CC1)CC(=O)O. The summed E-state index contributed by atoms with van der Waals surface area (Å²) in [5.74, 6) is -0.690. The van der Waals surface area contributed by atoms with Crippen LogP contribution in [0.25, 0.3) is 0 Å². The highest BCUT2D eigenvalue weighted by Gasteiger charge is 2.23. The zero-order chi connectivity index (χ0) is 20.4. The van der Waals surface area contributed by atoms with Crippen LogP contribution in [0.4, 0.5) is 5.69 Å². The highest BCUT2D eigenvalue weighted by molar-refractivity contribution is 5.80. The van der Waals surface area contributed by atoms with Gasteiger partial charge in [-0.1, -0.05) is 38.1 Å². The first kappa shape index (κ1) is 21.7. The Morgan fingerprint density at radius 2 is 1.82 bits per heavy atom. The molecule has 1 fully saturated rings. The molecule has 1 heterocycles. The normalized spacial score (nSPS) is 17.2. The largest absolute Gasteiger partial charge is 0.481 e. The van der Waals surface area contributed by atoms with E-state index >= 15 is 0 Å². The lowest BCUT2D eigenvalue weighted by Crippen LogP contribution is -2.50. The number of anilines is 1. The summed E-state index contributed by atoms with van der Waals surface area (Å²) in [6, 6.07) is 10.3. The van der Waals surface area contributed by atoms with Crippen molar-refractivity contribution < 1.29 is 14.7 Å². The van der Waals surface area contributed by atoms with Crippen molar-refractivity contribution in [1.82, 2.24) is 4.90 Å². The van der Waals surface area contributed by atoms with Crippen LogP contribution < -0.4 is 4.90 Å². The van der Waals surface area contributed by atoms with Gasteiger partial charge in [0.15, 0.2) is 0 Å². The van der Waals surface area contributed by atoms with E-state index in [1.807, 2.05) is 43.0 Å². The molecule has 6 nitrogen and oxygen atoms in total. The van der Waals surface area contributed by atoms with Gasteiger partial charge in [-0.25, -0.2) is 0 Å². The van der Waals surface area contributed by atoms with Gasteiger partial charge in [0.2, 0.25) is 5.91 Å². The van der Waals surface area contributed by atoms with Crippen LogP contribution in [0.3, 0.4) is 0 Å². The molecule has 1 aromatic carbocycles. The van der Waals surface area contributed by atoms with E-state index in [4.69, 9.17) is 5.11 Å². The summed E-state index contributed by atoms with van der Waals surface area (Å²) in [5, 5.41) is 8.73. The van der Waals surface area contributed by atoms with E-state index in [9.17, 15) is 9.59 Å². The van der Waals surface area contributed by atoms with Crippen LogP contribution in [0.5, 0.6) is 0 Å². The maximum Gasteiger partial charge on any atom is 0.303 e. The lowest BCUT2D eigenvalue weighted by molar-refractivity contribution is -0.138. The molecule has 1 aromatic rings. The Hall–Kier alpha value is -2.63. The zero-order valence-electron chi connectivity index (χ0n) is 16.8. The number of nitrogens with zero attached hydrogens (tertiary/aromatic N) is 3. The average molecular weight is 386 g/mol. The van der Waals surface area contributed by atoms with Crippen molar-refractivity contribution in [2.24, 2.45) is 16.8 Å². The van der Waals surface area contributed by atoms with Crippen molar-refractivity contribution in [3.05, 3.63) is 42.6 Å². The molecule has 152 valence electrons. The Labute approximate surface area is 167 Å². The highest BCUT2D eigenvalue weighted by Crippen LogP contribution is 2.17. The van der Waals surface area contributed by atoms with Gasteiger partial charge in [-0.05, 0) is 30.9 Å². The fraction of sp³-hybridized carbons (Fsp3) is 0.500. The van der Waals surface area contributed by atoms with Crippen LogP contribution in [0.15, 0.2) is 47.6 Å². The molecule has 6 heteroatoms. The number of piperazine rings is 1. The summed E-state index contributed by atoms with van der Waals surface area (Å²) < 4.78 is 0. The maximum atomic E-state index is 12.6. The molecule has 28 heavy (non-hydrogen) atoms. The van der Waals surface area contributed by atoms with Gasteiger partial charge < -0.3 is 14.9 Å². The maximum absolute atomic E-state index is 12.6. The Kier molecular flexibility index (Phi) is 8.72. The monoisotopic (exact) mass is 385 g/mol. The Morgan fingerprint density at radius 1 is 1.14 bits per heavy atom. The van der Waals surface area contributed by atoms with E-state index < -0.39 is 5.97 Å². The fourth-order valence-electron chi connectivity index (χ4n) is 3.27. The third kappa shape index (κ3) is 7.18. The summed E-state index contributed by atoms with van der Waals surface area (Å²) in [5.41, 5.74) is 1.20. The van der Waals surface area contributed by atoms with E-state index in [1.54, 1.807) is 12.4 Å². The van der Waals surface area contributed by atoms with E-state index in [0.717, 1.165) is 39.0 Å². The van der Waals surface area contributed by atoms with Crippen LogP contribution in [-0.4, -0.2) is 54.3 Å². The average Bonchev–Trinajstić information content (AvgIpc) is 2.70. The predicted octanol–water partition coefficient (Wildman–Crippen LogP) is 3.45. The molecule has 1 aliphatic rings. The number of hydrogen-bond donors (Lipinski definition) is 1. The second kappa shape index (κ2) is 11.3. The van der Waals surface area contributed by atoms with Crippen LogP contribution in [0, 0.1) is 11.8 Å². The summed E-state index contributed by atoms with van der Waals surface area (Å²) >= 11 is 0. The number of carbonyl (C=O) groups excluding carboxylic acids is 1. The number of carbonyl (C=O) groups is 2. The van der Waals surface area contributed by atoms with Gasteiger partial charge in [-0.15, -0.1) is 0 Å². The summed E-state index contributed by atoms with van der Waals surface area (Å²) in [7, 11) is 0. The smallest absolute Gasteiger partial charge is 0.303 e. The molecular weight excluding hydrogens is 354 g/mol. The number of aliphatic carboxylic acids is 1. The van der Waals surface area contributed by atoms with E-state index in [2.05, 4.69) is 22.0 Å². The first-order chi connectivity index (χ1) is 13.5. The van der Waals surface area contributed by atoms with Gasteiger partial charge in [0.05, 0.1) is 5.92 Å². The lowest BCUT2D eigenvalue weighted by Gasteiger charge is -2.36. The molecule has 2 atom stereocenters. The summed E-state index contributed by atoms with van der Waals surface area (Å²) in [6.07, 6.45) is 7.00. The van der Waals surface area contributed by atoms with Crippen molar-refractivity contribution in [2.75, 3.05) is 31.1 Å². The summed E-state index contributed by atoms with van der Waals surface area (Å²) in [4.78, 5) is 31.7. The van der Waals surface area contributed by atoms with Crippen LogP contribution in [0.2, 0.25) is 0 Å². The molecule has 1 aliphatic heterocycles.